The highest BCUT2D eigenvalue weighted by atomic mass is 35.5. The number of aryl methyl sites for hydroxylation is 1. The third kappa shape index (κ3) is 2.76. The number of anilines is 1. The zero-order valence-corrected chi connectivity index (χ0v) is 9.68. The molecular weight excluding hydrogens is 218 g/mol. The molecule has 0 radical (unpaired) electrons. The Hall–Kier alpha value is -1.42. The number of carbonyl (C=O) groups excluding carboxylic acids is 1. The summed E-state index contributed by atoms with van der Waals surface area (Å²) >= 11 is 0. The van der Waals surface area contributed by atoms with Crippen molar-refractivity contribution in [1.29, 1.82) is 0 Å². The van der Waals surface area contributed by atoms with Crippen molar-refractivity contribution in [2.24, 2.45) is 0 Å². The predicted octanol–water partition coefficient (Wildman–Crippen LogP) is 1.79. The van der Waals surface area contributed by atoms with Gasteiger partial charge in [-0.3, -0.25) is 0 Å². The lowest BCUT2D eigenvalue weighted by molar-refractivity contribution is 0.0597. The van der Waals surface area contributed by atoms with Crippen molar-refractivity contribution < 1.29 is 14.3 Å². The summed E-state index contributed by atoms with van der Waals surface area (Å²) in [4.78, 5) is 11.3. The van der Waals surface area contributed by atoms with Crippen LogP contribution in [0.15, 0.2) is 12.1 Å². The average molecular weight is 232 g/mol. The van der Waals surface area contributed by atoms with Crippen LogP contribution < -0.4 is 10.5 Å². The van der Waals surface area contributed by atoms with Gasteiger partial charge in [0.2, 0.25) is 0 Å². The molecule has 0 amide bonds. The number of esters is 1. The third-order valence-corrected chi connectivity index (χ3v) is 1.99. The maximum atomic E-state index is 11.3. The smallest absolute Gasteiger partial charge is 0.341 e. The standard InChI is InChI=1S/C10H13NO3.ClH/c1-6-4-9(13-2)7(5-8(6)11)10(12)14-3;/h4-5H,11H2,1-3H3;1H. The number of nitrogens with two attached hydrogens (primary N) is 1. The molecule has 0 aromatic heterocycles. The van der Waals surface area contributed by atoms with Crippen molar-refractivity contribution in [3.63, 3.8) is 0 Å². The van der Waals surface area contributed by atoms with E-state index in [0.29, 0.717) is 17.0 Å². The Morgan fingerprint density at radius 1 is 1.33 bits per heavy atom. The zero-order chi connectivity index (χ0) is 10.7. The molecule has 0 aliphatic carbocycles. The summed E-state index contributed by atoms with van der Waals surface area (Å²) in [5.41, 5.74) is 7.44. The number of rotatable bonds is 2. The minimum absolute atomic E-state index is 0. The molecule has 0 atom stereocenters. The zero-order valence-electron chi connectivity index (χ0n) is 8.87. The van der Waals surface area contributed by atoms with Gasteiger partial charge in [-0.1, -0.05) is 0 Å². The fourth-order valence-corrected chi connectivity index (χ4v) is 1.14. The first-order chi connectivity index (χ1) is 6.60. The first kappa shape index (κ1) is 13.6. The van der Waals surface area contributed by atoms with Crippen LogP contribution in [0.1, 0.15) is 15.9 Å². The normalized spacial score (nSPS) is 9.00. The lowest BCUT2D eigenvalue weighted by atomic mass is 10.1. The van der Waals surface area contributed by atoms with Crippen molar-refractivity contribution in [3.05, 3.63) is 23.3 Å². The van der Waals surface area contributed by atoms with Crippen LogP contribution in [0, 0.1) is 6.92 Å². The van der Waals surface area contributed by atoms with Gasteiger partial charge in [-0.2, -0.15) is 0 Å². The highest BCUT2D eigenvalue weighted by Crippen LogP contribution is 2.25. The molecule has 84 valence electrons. The fraction of sp³-hybridized carbons (Fsp3) is 0.300. The molecule has 1 rings (SSSR count). The van der Waals surface area contributed by atoms with E-state index in [4.69, 9.17) is 10.5 Å². The largest absolute Gasteiger partial charge is 0.496 e. The van der Waals surface area contributed by atoms with Crippen LogP contribution in [0.3, 0.4) is 0 Å². The Kier molecular flexibility index (Phi) is 4.94. The second-order valence-corrected chi connectivity index (χ2v) is 2.90. The highest BCUT2D eigenvalue weighted by molar-refractivity contribution is 5.93. The van der Waals surface area contributed by atoms with Gasteiger partial charge in [-0.25, -0.2) is 4.79 Å². The number of carbonyl (C=O) groups is 1. The number of benzene rings is 1. The van der Waals surface area contributed by atoms with Crippen molar-refractivity contribution >= 4 is 24.1 Å². The number of halogens is 1. The number of hydrogen-bond acceptors (Lipinski definition) is 4. The van der Waals surface area contributed by atoms with E-state index >= 15 is 0 Å². The molecule has 15 heavy (non-hydrogen) atoms. The number of hydrogen-bond donors (Lipinski definition) is 1. The van der Waals surface area contributed by atoms with E-state index in [1.54, 1.807) is 12.1 Å². The van der Waals surface area contributed by atoms with Gasteiger partial charge in [0.25, 0.3) is 0 Å². The molecule has 0 heterocycles. The maximum absolute atomic E-state index is 11.3. The second-order valence-electron chi connectivity index (χ2n) is 2.90. The van der Waals surface area contributed by atoms with Gasteiger partial charge in [0.05, 0.1) is 14.2 Å². The van der Waals surface area contributed by atoms with Crippen LogP contribution >= 0.6 is 12.4 Å². The maximum Gasteiger partial charge on any atom is 0.341 e. The molecule has 0 bridgehead atoms. The lowest BCUT2D eigenvalue weighted by Gasteiger charge is -2.09. The van der Waals surface area contributed by atoms with Crippen molar-refractivity contribution in [3.8, 4) is 5.75 Å². The fourth-order valence-electron chi connectivity index (χ4n) is 1.14. The van der Waals surface area contributed by atoms with E-state index in [2.05, 4.69) is 4.74 Å². The molecular formula is C10H14ClNO3. The topological polar surface area (TPSA) is 61.5 Å². The summed E-state index contributed by atoms with van der Waals surface area (Å²) in [6, 6.07) is 3.27. The molecule has 0 saturated heterocycles. The van der Waals surface area contributed by atoms with E-state index in [-0.39, 0.29) is 12.4 Å². The first-order valence-corrected chi connectivity index (χ1v) is 4.12. The van der Waals surface area contributed by atoms with Crippen molar-refractivity contribution in [2.45, 2.75) is 6.92 Å². The van der Waals surface area contributed by atoms with E-state index in [1.165, 1.54) is 14.2 Å². The van der Waals surface area contributed by atoms with Gasteiger partial charge in [0.1, 0.15) is 11.3 Å². The molecule has 5 heteroatoms. The SMILES string of the molecule is COC(=O)c1cc(N)c(C)cc1OC.Cl. The molecule has 1 aromatic carbocycles. The van der Waals surface area contributed by atoms with Crippen LogP contribution in [0.25, 0.3) is 0 Å². The second kappa shape index (κ2) is 5.46. The van der Waals surface area contributed by atoms with Crippen molar-refractivity contribution in [1.82, 2.24) is 0 Å². The van der Waals surface area contributed by atoms with Crippen molar-refractivity contribution in [2.75, 3.05) is 20.0 Å². The van der Waals surface area contributed by atoms with Gasteiger partial charge in [-0.05, 0) is 24.6 Å². The first-order valence-electron chi connectivity index (χ1n) is 4.12. The Morgan fingerprint density at radius 3 is 2.40 bits per heavy atom. The summed E-state index contributed by atoms with van der Waals surface area (Å²) < 4.78 is 9.65. The van der Waals surface area contributed by atoms with Gasteiger partial charge < -0.3 is 15.2 Å². The van der Waals surface area contributed by atoms with Crippen LogP contribution in [0.2, 0.25) is 0 Å². The molecule has 0 aliphatic rings. The monoisotopic (exact) mass is 231 g/mol. The highest BCUT2D eigenvalue weighted by Gasteiger charge is 2.14. The molecule has 0 unspecified atom stereocenters. The predicted molar refractivity (Wildman–Crippen MR) is 60.7 cm³/mol. The Morgan fingerprint density at radius 2 is 1.93 bits per heavy atom. The summed E-state index contributed by atoms with van der Waals surface area (Å²) in [6.45, 7) is 1.85. The molecule has 0 spiro atoms. The van der Waals surface area contributed by atoms with Crippen LogP contribution in [0.5, 0.6) is 5.75 Å². The van der Waals surface area contributed by atoms with E-state index in [0.717, 1.165) is 5.56 Å². The van der Waals surface area contributed by atoms with Crippen LogP contribution in [0.4, 0.5) is 5.69 Å². The molecule has 0 aliphatic heterocycles. The van der Waals surface area contributed by atoms with Gasteiger partial charge >= 0.3 is 5.97 Å². The summed E-state index contributed by atoms with van der Waals surface area (Å²) in [5, 5.41) is 0. The summed E-state index contributed by atoms with van der Waals surface area (Å²) in [7, 11) is 2.81. The van der Waals surface area contributed by atoms with E-state index in [1.807, 2.05) is 6.92 Å². The van der Waals surface area contributed by atoms with Gasteiger partial charge in [0.15, 0.2) is 0 Å². The van der Waals surface area contributed by atoms with Gasteiger partial charge in [0, 0.05) is 5.69 Å². The Bertz CT molecular complexity index is 366. The minimum Gasteiger partial charge on any atom is -0.496 e. The molecule has 2 N–H and O–H groups in total. The third-order valence-electron chi connectivity index (χ3n) is 1.99. The summed E-state index contributed by atoms with van der Waals surface area (Å²) in [6.07, 6.45) is 0. The number of nitrogen functional groups attached to an aromatic ring is 1. The molecule has 0 saturated carbocycles. The molecule has 0 fully saturated rings. The minimum atomic E-state index is -0.450. The molecule has 4 nitrogen and oxygen atoms in total. The summed E-state index contributed by atoms with van der Waals surface area (Å²) in [5.74, 6) is 0.0251. The number of ether oxygens (including phenoxy) is 2. The van der Waals surface area contributed by atoms with E-state index < -0.39 is 5.97 Å². The van der Waals surface area contributed by atoms with Crippen LogP contribution in [-0.4, -0.2) is 20.2 Å². The number of methoxy groups -OCH3 is 2. The lowest BCUT2D eigenvalue weighted by Crippen LogP contribution is -2.05. The Labute approximate surface area is 94.8 Å². The molecule has 1 aromatic rings. The Balaban J connectivity index is 0.00000196. The van der Waals surface area contributed by atoms with Gasteiger partial charge in [-0.15, -0.1) is 12.4 Å². The van der Waals surface area contributed by atoms with E-state index in [9.17, 15) is 4.79 Å². The average Bonchev–Trinajstić information content (AvgIpc) is 2.20. The quantitative estimate of drug-likeness (QED) is 0.623. The van der Waals surface area contributed by atoms with Crippen LogP contribution in [-0.2, 0) is 4.74 Å².